The van der Waals surface area contributed by atoms with Gasteiger partial charge in [-0.2, -0.15) is 4.31 Å². The van der Waals surface area contributed by atoms with E-state index in [1.807, 2.05) is 0 Å². The molecule has 0 aliphatic heterocycles. The summed E-state index contributed by atoms with van der Waals surface area (Å²) in [6, 6.07) is 12.6. The minimum Gasteiger partial charge on any atom is -0.497 e. The first-order valence-electron chi connectivity index (χ1n) is 6.99. The number of nitrogens with zero attached hydrogens (tertiary/aromatic N) is 1. The molecular formula is C16H17ClN2O4S. The quantitative estimate of drug-likeness (QED) is 0.850. The molecule has 0 aliphatic carbocycles. The highest BCUT2D eigenvalue weighted by molar-refractivity contribution is 7.89. The van der Waals surface area contributed by atoms with E-state index in [1.54, 1.807) is 43.5 Å². The fourth-order valence-corrected chi connectivity index (χ4v) is 3.40. The Hall–Kier alpha value is -2.09. The van der Waals surface area contributed by atoms with Crippen LogP contribution in [0.2, 0.25) is 5.02 Å². The number of amides is 1. The lowest BCUT2D eigenvalue weighted by molar-refractivity contribution is -0.116. The van der Waals surface area contributed by atoms with E-state index in [0.717, 1.165) is 4.31 Å². The number of likely N-dealkylation sites (N-methyl/N-ethyl adjacent to an activating group) is 1. The van der Waals surface area contributed by atoms with Crippen molar-refractivity contribution in [2.75, 3.05) is 26.0 Å². The van der Waals surface area contributed by atoms with Gasteiger partial charge in [-0.15, -0.1) is 0 Å². The van der Waals surface area contributed by atoms with E-state index in [0.29, 0.717) is 16.5 Å². The molecule has 24 heavy (non-hydrogen) atoms. The predicted octanol–water partition coefficient (Wildman–Crippen LogP) is 2.61. The fourth-order valence-electron chi connectivity index (χ4n) is 1.97. The van der Waals surface area contributed by atoms with Gasteiger partial charge in [0.15, 0.2) is 0 Å². The second-order valence-electron chi connectivity index (χ2n) is 5.00. The van der Waals surface area contributed by atoms with Crippen LogP contribution < -0.4 is 10.1 Å². The van der Waals surface area contributed by atoms with Gasteiger partial charge >= 0.3 is 0 Å². The molecule has 0 bridgehead atoms. The Kier molecular flexibility index (Phi) is 5.82. The molecule has 0 fully saturated rings. The molecule has 2 aromatic rings. The Morgan fingerprint density at radius 2 is 1.88 bits per heavy atom. The number of halogens is 1. The molecule has 0 heterocycles. The Morgan fingerprint density at radius 1 is 1.21 bits per heavy atom. The second kappa shape index (κ2) is 7.65. The van der Waals surface area contributed by atoms with Crippen molar-refractivity contribution in [3.63, 3.8) is 0 Å². The Labute approximate surface area is 146 Å². The van der Waals surface area contributed by atoms with Gasteiger partial charge in [0.1, 0.15) is 5.75 Å². The zero-order chi connectivity index (χ0) is 17.7. The largest absolute Gasteiger partial charge is 0.497 e. The normalized spacial score (nSPS) is 11.3. The van der Waals surface area contributed by atoms with Crippen LogP contribution in [0.4, 0.5) is 5.69 Å². The van der Waals surface area contributed by atoms with Crippen LogP contribution in [0.1, 0.15) is 0 Å². The summed E-state index contributed by atoms with van der Waals surface area (Å²) in [6.07, 6.45) is 0. The molecule has 2 aromatic carbocycles. The first kappa shape index (κ1) is 18.3. The molecule has 0 unspecified atom stereocenters. The summed E-state index contributed by atoms with van der Waals surface area (Å²) in [6.45, 7) is -0.319. The van der Waals surface area contributed by atoms with Crippen LogP contribution in [0.15, 0.2) is 53.4 Å². The molecule has 0 spiro atoms. The summed E-state index contributed by atoms with van der Waals surface area (Å²) in [4.78, 5) is 12.1. The van der Waals surface area contributed by atoms with E-state index in [9.17, 15) is 13.2 Å². The van der Waals surface area contributed by atoms with Crippen LogP contribution in [0.5, 0.6) is 5.75 Å². The topological polar surface area (TPSA) is 75.7 Å². The average molecular weight is 369 g/mol. The fraction of sp³-hybridized carbons (Fsp3) is 0.188. The molecule has 0 aromatic heterocycles. The van der Waals surface area contributed by atoms with Crippen molar-refractivity contribution >= 4 is 33.2 Å². The number of hydrogen-bond acceptors (Lipinski definition) is 4. The molecule has 0 atom stereocenters. The van der Waals surface area contributed by atoms with Gasteiger partial charge < -0.3 is 10.1 Å². The zero-order valence-electron chi connectivity index (χ0n) is 13.2. The third kappa shape index (κ3) is 4.47. The maximum Gasteiger partial charge on any atom is 0.243 e. The molecule has 6 nitrogen and oxygen atoms in total. The highest BCUT2D eigenvalue weighted by atomic mass is 35.5. The van der Waals surface area contributed by atoms with E-state index >= 15 is 0 Å². The summed E-state index contributed by atoms with van der Waals surface area (Å²) in [5, 5.41) is 2.94. The van der Waals surface area contributed by atoms with Gasteiger partial charge in [0.25, 0.3) is 0 Å². The van der Waals surface area contributed by atoms with Crippen molar-refractivity contribution in [2.45, 2.75) is 4.90 Å². The minimum absolute atomic E-state index is 0.0368. The highest BCUT2D eigenvalue weighted by Gasteiger charge is 2.23. The van der Waals surface area contributed by atoms with E-state index in [2.05, 4.69) is 5.32 Å². The van der Waals surface area contributed by atoms with Crippen LogP contribution in [0, 0.1) is 0 Å². The molecule has 0 saturated carbocycles. The van der Waals surface area contributed by atoms with E-state index in [1.165, 1.54) is 19.2 Å². The van der Waals surface area contributed by atoms with Gasteiger partial charge in [0.2, 0.25) is 15.9 Å². The predicted molar refractivity (Wildman–Crippen MR) is 92.9 cm³/mol. The van der Waals surface area contributed by atoms with Gasteiger partial charge in [-0.1, -0.05) is 17.7 Å². The summed E-state index contributed by atoms with van der Waals surface area (Å²) in [7, 11) is -0.909. The Bertz CT molecular complexity index is 822. The zero-order valence-corrected chi connectivity index (χ0v) is 14.8. The van der Waals surface area contributed by atoms with Crippen LogP contribution in [-0.2, 0) is 14.8 Å². The van der Waals surface area contributed by atoms with Crippen molar-refractivity contribution in [3.8, 4) is 5.75 Å². The molecule has 0 radical (unpaired) electrons. The number of carbonyl (C=O) groups is 1. The number of methoxy groups -OCH3 is 1. The summed E-state index contributed by atoms with van der Waals surface area (Å²) in [5.41, 5.74) is 0.550. The highest BCUT2D eigenvalue weighted by Crippen LogP contribution is 2.19. The van der Waals surface area contributed by atoms with Crippen molar-refractivity contribution in [1.82, 2.24) is 4.31 Å². The van der Waals surface area contributed by atoms with Crippen LogP contribution in [0.3, 0.4) is 0 Å². The van der Waals surface area contributed by atoms with Gasteiger partial charge in [0, 0.05) is 17.8 Å². The molecule has 0 saturated heterocycles. The lowest BCUT2D eigenvalue weighted by Gasteiger charge is -2.17. The SMILES string of the molecule is COc1ccc(NC(=O)CN(C)S(=O)(=O)c2cccc(Cl)c2)cc1. The molecule has 8 heteroatoms. The number of nitrogens with one attached hydrogen (secondary N) is 1. The number of hydrogen-bond donors (Lipinski definition) is 1. The number of sulfonamides is 1. The van der Waals surface area contributed by atoms with E-state index < -0.39 is 15.9 Å². The average Bonchev–Trinajstić information content (AvgIpc) is 2.55. The molecule has 128 valence electrons. The number of benzene rings is 2. The number of anilines is 1. The van der Waals surface area contributed by atoms with E-state index in [-0.39, 0.29) is 11.4 Å². The summed E-state index contributed by atoms with van der Waals surface area (Å²) in [5.74, 6) is 0.210. The Balaban J connectivity index is 2.04. The van der Waals surface area contributed by atoms with Crippen molar-refractivity contribution < 1.29 is 17.9 Å². The summed E-state index contributed by atoms with van der Waals surface area (Å²) < 4.78 is 30.9. The smallest absolute Gasteiger partial charge is 0.243 e. The maximum atomic E-state index is 12.4. The molecule has 2 rings (SSSR count). The molecule has 1 N–H and O–H groups in total. The van der Waals surface area contributed by atoms with Gasteiger partial charge in [-0.05, 0) is 42.5 Å². The van der Waals surface area contributed by atoms with Crippen LogP contribution in [0.25, 0.3) is 0 Å². The van der Waals surface area contributed by atoms with Crippen LogP contribution >= 0.6 is 11.6 Å². The maximum absolute atomic E-state index is 12.4. The van der Waals surface area contributed by atoms with Crippen molar-refractivity contribution in [2.24, 2.45) is 0 Å². The van der Waals surface area contributed by atoms with E-state index in [4.69, 9.17) is 16.3 Å². The number of carbonyl (C=O) groups excluding carboxylic acids is 1. The molecule has 0 aliphatic rings. The summed E-state index contributed by atoms with van der Waals surface area (Å²) >= 11 is 5.82. The Morgan fingerprint density at radius 3 is 2.46 bits per heavy atom. The monoisotopic (exact) mass is 368 g/mol. The third-order valence-electron chi connectivity index (χ3n) is 3.24. The standard InChI is InChI=1S/C16H17ClN2O4S/c1-19(24(21,22)15-5-3-4-12(17)10-15)11-16(20)18-13-6-8-14(23-2)9-7-13/h3-10H,11H2,1-2H3,(H,18,20). The number of rotatable bonds is 6. The first-order valence-corrected chi connectivity index (χ1v) is 8.80. The van der Waals surface area contributed by atoms with Crippen molar-refractivity contribution in [3.05, 3.63) is 53.6 Å². The van der Waals surface area contributed by atoms with Crippen molar-refractivity contribution in [1.29, 1.82) is 0 Å². The van der Waals surface area contributed by atoms with Gasteiger partial charge in [-0.3, -0.25) is 4.79 Å². The lowest BCUT2D eigenvalue weighted by atomic mass is 10.3. The lowest BCUT2D eigenvalue weighted by Crippen LogP contribution is -2.34. The van der Waals surface area contributed by atoms with Gasteiger partial charge in [-0.25, -0.2) is 8.42 Å². The first-order chi connectivity index (χ1) is 11.3. The van der Waals surface area contributed by atoms with Gasteiger partial charge in [0.05, 0.1) is 18.6 Å². The second-order valence-corrected chi connectivity index (χ2v) is 7.48. The molecular weight excluding hydrogens is 352 g/mol. The third-order valence-corrected chi connectivity index (χ3v) is 5.28. The minimum atomic E-state index is -3.79. The van der Waals surface area contributed by atoms with Crippen LogP contribution in [-0.4, -0.2) is 39.3 Å². The molecule has 1 amide bonds. The number of ether oxygens (including phenoxy) is 1.